The van der Waals surface area contributed by atoms with Crippen molar-refractivity contribution < 1.29 is 14.6 Å². The van der Waals surface area contributed by atoms with Crippen molar-refractivity contribution in [2.24, 2.45) is 0 Å². The van der Waals surface area contributed by atoms with Crippen LogP contribution in [-0.2, 0) is 16.1 Å². The number of carbonyl (C=O) groups is 1. The zero-order chi connectivity index (χ0) is 19.9. The molecule has 3 aromatic rings. The summed E-state index contributed by atoms with van der Waals surface area (Å²) in [5.41, 5.74) is 3.55. The van der Waals surface area contributed by atoms with E-state index in [1.807, 2.05) is 65.2 Å². The Balaban J connectivity index is 2.27. The van der Waals surface area contributed by atoms with E-state index < -0.39 is 11.9 Å². The number of aromatic nitrogens is 2. The number of hydrogen-bond acceptors (Lipinski definition) is 4. The molecule has 0 aliphatic rings. The molecule has 0 fully saturated rings. The number of carbonyl (C=O) groups excluding carboxylic acids is 1. The molecular weight excluding hydrogens is 352 g/mol. The Morgan fingerprint density at radius 2 is 1.75 bits per heavy atom. The van der Waals surface area contributed by atoms with Crippen molar-refractivity contribution in [3.05, 3.63) is 79.1 Å². The van der Waals surface area contributed by atoms with Gasteiger partial charge in [0.05, 0.1) is 24.6 Å². The standard InChI is InChI=1S/C23H24N2O3/c1-3-15-25-21(18-13-9-6-10-14-18)20(17-11-7-5-8-12-17)24-22(25)19(16-26)23(27)28-4-2/h3,5-14,19,26H,1,4,15-16H2,2H3. The Morgan fingerprint density at radius 3 is 2.29 bits per heavy atom. The first-order chi connectivity index (χ1) is 13.7. The number of hydrogen-bond donors (Lipinski definition) is 1. The second kappa shape index (κ2) is 9.15. The van der Waals surface area contributed by atoms with Crippen molar-refractivity contribution >= 4 is 5.97 Å². The summed E-state index contributed by atoms with van der Waals surface area (Å²) in [6.45, 7) is 5.92. The number of aliphatic hydroxyl groups is 1. The fourth-order valence-corrected chi connectivity index (χ4v) is 3.24. The van der Waals surface area contributed by atoms with Crippen molar-refractivity contribution in [1.82, 2.24) is 9.55 Å². The van der Waals surface area contributed by atoms with Crippen molar-refractivity contribution in [3.8, 4) is 22.5 Å². The maximum Gasteiger partial charge on any atom is 0.318 e. The number of aliphatic hydroxyl groups excluding tert-OH is 1. The molecule has 0 radical (unpaired) electrons. The summed E-state index contributed by atoms with van der Waals surface area (Å²) in [4.78, 5) is 17.3. The van der Waals surface area contributed by atoms with Gasteiger partial charge in [0.2, 0.25) is 0 Å². The topological polar surface area (TPSA) is 64.4 Å². The molecule has 0 saturated carbocycles. The molecule has 0 bridgehead atoms. The molecule has 1 heterocycles. The fourth-order valence-electron chi connectivity index (χ4n) is 3.24. The van der Waals surface area contributed by atoms with Crippen LogP contribution in [0.3, 0.4) is 0 Å². The number of allylic oxidation sites excluding steroid dienone is 1. The highest BCUT2D eigenvalue weighted by Gasteiger charge is 2.30. The molecule has 1 atom stereocenters. The predicted octanol–water partition coefficient (Wildman–Crippen LogP) is 4.04. The van der Waals surface area contributed by atoms with Crippen LogP contribution in [-0.4, -0.2) is 33.8 Å². The van der Waals surface area contributed by atoms with E-state index in [1.165, 1.54) is 0 Å². The minimum Gasteiger partial charge on any atom is -0.465 e. The van der Waals surface area contributed by atoms with Gasteiger partial charge in [-0.05, 0) is 6.92 Å². The molecular formula is C23H24N2O3. The molecule has 144 valence electrons. The lowest BCUT2D eigenvalue weighted by Gasteiger charge is -2.16. The Bertz CT molecular complexity index is 933. The summed E-state index contributed by atoms with van der Waals surface area (Å²) in [5.74, 6) is -0.877. The van der Waals surface area contributed by atoms with Gasteiger partial charge in [0, 0.05) is 17.7 Å². The molecule has 1 aromatic heterocycles. The average molecular weight is 376 g/mol. The minimum atomic E-state index is -0.861. The SMILES string of the molecule is C=CCn1c(C(CO)C(=O)OCC)nc(-c2ccccc2)c1-c1ccccc1. The summed E-state index contributed by atoms with van der Waals surface area (Å²) in [6.07, 6.45) is 1.76. The largest absolute Gasteiger partial charge is 0.465 e. The maximum absolute atomic E-state index is 12.5. The maximum atomic E-state index is 12.5. The van der Waals surface area contributed by atoms with Gasteiger partial charge in [-0.1, -0.05) is 66.7 Å². The van der Waals surface area contributed by atoms with Gasteiger partial charge < -0.3 is 14.4 Å². The van der Waals surface area contributed by atoms with Crippen LogP contribution in [0.5, 0.6) is 0 Å². The fraction of sp³-hybridized carbons (Fsp3) is 0.217. The van der Waals surface area contributed by atoms with E-state index >= 15 is 0 Å². The lowest BCUT2D eigenvalue weighted by atomic mass is 10.0. The summed E-state index contributed by atoms with van der Waals surface area (Å²) >= 11 is 0. The minimum absolute atomic E-state index is 0.245. The number of rotatable bonds is 8. The smallest absolute Gasteiger partial charge is 0.318 e. The van der Waals surface area contributed by atoms with E-state index in [9.17, 15) is 9.90 Å². The van der Waals surface area contributed by atoms with Crippen molar-refractivity contribution in [1.29, 1.82) is 0 Å². The van der Waals surface area contributed by atoms with Crippen molar-refractivity contribution in [2.75, 3.05) is 13.2 Å². The number of imidazole rings is 1. The third-order valence-corrected chi connectivity index (χ3v) is 4.47. The molecule has 0 spiro atoms. The number of benzene rings is 2. The molecule has 1 unspecified atom stereocenters. The Morgan fingerprint density at radius 1 is 1.14 bits per heavy atom. The zero-order valence-electron chi connectivity index (χ0n) is 15.9. The average Bonchev–Trinajstić information content (AvgIpc) is 3.09. The first kappa shape index (κ1) is 19.6. The van der Waals surface area contributed by atoms with Crippen LogP contribution in [0.1, 0.15) is 18.7 Å². The van der Waals surface area contributed by atoms with Crippen LogP contribution >= 0.6 is 0 Å². The third kappa shape index (κ3) is 3.89. The van der Waals surface area contributed by atoms with Gasteiger partial charge in [0.1, 0.15) is 11.7 Å². The number of ether oxygens (including phenoxy) is 1. The van der Waals surface area contributed by atoms with Crippen LogP contribution in [0.2, 0.25) is 0 Å². The molecule has 5 nitrogen and oxygen atoms in total. The second-order valence-corrected chi connectivity index (χ2v) is 6.29. The Kier molecular flexibility index (Phi) is 6.40. The second-order valence-electron chi connectivity index (χ2n) is 6.29. The zero-order valence-corrected chi connectivity index (χ0v) is 15.9. The molecule has 28 heavy (non-hydrogen) atoms. The summed E-state index contributed by atoms with van der Waals surface area (Å²) in [5, 5.41) is 9.93. The highest BCUT2D eigenvalue weighted by atomic mass is 16.5. The highest BCUT2D eigenvalue weighted by Crippen LogP contribution is 2.35. The summed E-state index contributed by atoms with van der Waals surface area (Å²) < 4.78 is 7.10. The van der Waals surface area contributed by atoms with E-state index in [2.05, 4.69) is 6.58 Å². The molecule has 1 N–H and O–H groups in total. The normalized spacial score (nSPS) is 11.8. The monoisotopic (exact) mass is 376 g/mol. The Hall–Kier alpha value is -3.18. The first-order valence-corrected chi connectivity index (χ1v) is 9.30. The highest BCUT2D eigenvalue weighted by molar-refractivity contribution is 5.82. The lowest BCUT2D eigenvalue weighted by molar-refractivity contribution is -0.146. The van der Waals surface area contributed by atoms with Gasteiger partial charge in [0.25, 0.3) is 0 Å². The van der Waals surface area contributed by atoms with Gasteiger partial charge in [-0.15, -0.1) is 6.58 Å². The molecule has 0 saturated heterocycles. The van der Waals surface area contributed by atoms with Gasteiger partial charge in [-0.3, -0.25) is 4.79 Å². The van der Waals surface area contributed by atoms with E-state index in [1.54, 1.807) is 13.0 Å². The van der Waals surface area contributed by atoms with Crippen LogP contribution in [0.25, 0.3) is 22.5 Å². The van der Waals surface area contributed by atoms with Crippen LogP contribution < -0.4 is 0 Å². The number of nitrogens with zero attached hydrogens (tertiary/aromatic N) is 2. The van der Waals surface area contributed by atoms with E-state index in [4.69, 9.17) is 9.72 Å². The molecule has 2 aromatic carbocycles. The molecule has 0 aliphatic heterocycles. The van der Waals surface area contributed by atoms with Crippen molar-refractivity contribution in [3.63, 3.8) is 0 Å². The quantitative estimate of drug-likeness (QED) is 0.476. The first-order valence-electron chi connectivity index (χ1n) is 9.30. The molecule has 3 rings (SSSR count). The van der Waals surface area contributed by atoms with E-state index in [0.717, 1.165) is 22.5 Å². The van der Waals surface area contributed by atoms with Gasteiger partial charge >= 0.3 is 5.97 Å². The molecule has 0 aliphatic carbocycles. The molecule has 0 amide bonds. The summed E-state index contributed by atoms with van der Waals surface area (Å²) in [7, 11) is 0. The predicted molar refractivity (Wildman–Crippen MR) is 110 cm³/mol. The van der Waals surface area contributed by atoms with Crippen LogP contribution in [0.15, 0.2) is 73.3 Å². The molecule has 5 heteroatoms. The van der Waals surface area contributed by atoms with Crippen molar-refractivity contribution in [2.45, 2.75) is 19.4 Å². The number of esters is 1. The van der Waals surface area contributed by atoms with E-state index in [0.29, 0.717) is 12.4 Å². The van der Waals surface area contributed by atoms with Gasteiger partial charge in [-0.25, -0.2) is 4.98 Å². The van der Waals surface area contributed by atoms with Gasteiger partial charge in [0.15, 0.2) is 0 Å². The van der Waals surface area contributed by atoms with E-state index in [-0.39, 0.29) is 13.2 Å². The summed E-state index contributed by atoms with van der Waals surface area (Å²) in [6, 6.07) is 19.7. The Labute approximate surface area is 164 Å². The van der Waals surface area contributed by atoms with Gasteiger partial charge in [-0.2, -0.15) is 0 Å². The van der Waals surface area contributed by atoms with Crippen LogP contribution in [0, 0.1) is 0 Å². The lowest BCUT2D eigenvalue weighted by Crippen LogP contribution is -2.23. The van der Waals surface area contributed by atoms with Crippen LogP contribution in [0.4, 0.5) is 0 Å². The third-order valence-electron chi connectivity index (χ3n) is 4.47.